The molecule has 0 amide bonds. The predicted molar refractivity (Wildman–Crippen MR) is 92.2 cm³/mol. The summed E-state index contributed by atoms with van der Waals surface area (Å²) in [6.45, 7) is 0. The van der Waals surface area contributed by atoms with Crippen LogP contribution in [0.4, 0.5) is 0 Å². The van der Waals surface area contributed by atoms with Crippen LogP contribution in [0.1, 0.15) is 103 Å². The van der Waals surface area contributed by atoms with Crippen molar-refractivity contribution in [1.82, 2.24) is 0 Å². The van der Waals surface area contributed by atoms with Gasteiger partial charge in [0, 0.05) is 0 Å². The van der Waals surface area contributed by atoms with Crippen molar-refractivity contribution in [1.29, 1.82) is 0 Å². The van der Waals surface area contributed by atoms with Gasteiger partial charge in [-0.2, -0.15) is 0 Å². The van der Waals surface area contributed by atoms with Gasteiger partial charge in [0.15, 0.2) is 0 Å². The second-order valence-corrected chi connectivity index (χ2v) is 6.35. The quantitative estimate of drug-likeness (QED) is 0.405. The largest absolute Gasteiger partial charge is 0.0882 e. The third-order valence-electron chi connectivity index (χ3n) is 4.35. The lowest BCUT2D eigenvalue weighted by Gasteiger charge is -2.03. The van der Waals surface area contributed by atoms with E-state index >= 15 is 0 Å². The maximum Gasteiger partial charge on any atom is -0.0169 e. The first-order valence-corrected chi connectivity index (χ1v) is 9.30. The fraction of sp³-hybridized carbons (Fsp3) is 0.800. The van der Waals surface area contributed by atoms with E-state index in [1.54, 1.807) is 0 Å². The Labute approximate surface area is 127 Å². The molecule has 0 aromatic heterocycles. The topological polar surface area (TPSA) is 0 Å². The van der Waals surface area contributed by atoms with E-state index in [-0.39, 0.29) is 0 Å². The van der Waals surface area contributed by atoms with E-state index in [4.69, 9.17) is 0 Å². The van der Waals surface area contributed by atoms with Crippen LogP contribution in [-0.2, 0) is 0 Å². The number of rotatable bonds is 0. The van der Waals surface area contributed by atoms with E-state index < -0.39 is 0 Å². The number of hydrogen-bond donors (Lipinski definition) is 0. The average Bonchev–Trinajstić information content (AvgIpc) is 2.46. The molecule has 0 saturated carbocycles. The predicted octanol–water partition coefficient (Wildman–Crippen LogP) is 7.35. The second kappa shape index (κ2) is 14.9. The zero-order valence-corrected chi connectivity index (χ0v) is 13.6. The van der Waals surface area contributed by atoms with E-state index in [1.165, 1.54) is 96.3 Å². The molecule has 116 valence electrons. The average molecular weight is 277 g/mol. The third-order valence-corrected chi connectivity index (χ3v) is 4.35. The minimum atomic E-state index is 1.14. The number of allylic oxidation sites excluding steroid dienone is 4. The van der Waals surface area contributed by atoms with Gasteiger partial charge in [0.25, 0.3) is 0 Å². The Kier molecular flexibility index (Phi) is 13.0. The molecule has 20 heavy (non-hydrogen) atoms. The Morgan fingerprint density at radius 2 is 0.600 bits per heavy atom. The summed E-state index contributed by atoms with van der Waals surface area (Å²) in [6, 6.07) is 0. The minimum absolute atomic E-state index is 1.14. The molecule has 0 heterocycles. The van der Waals surface area contributed by atoms with Crippen LogP contribution in [0.15, 0.2) is 24.3 Å². The summed E-state index contributed by atoms with van der Waals surface area (Å²) in [5.74, 6) is 0. The monoisotopic (exact) mass is 276 g/mol. The lowest BCUT2D eigenvalue weighted by Crippen LogP contribution is -1.83. The van der Waals surface area contributed by atoms with Crippen molar-refractivity contribution in [3.63, 3.8) is 0 Å². The molecule has 1 aliphatic carbocycles. The van der Waals surface area contributed by atoms with Crippen LogP contribution in [0.5, 0.6) is 0 Å². The summed E-state index contributed by atoms with van der Waals surface area (Å²) in [6.07, 6.45) is 32.0. The first-order chi connectivity index (χ1) is 10.0. The zero-order valence-electron chi connectivity index (χ0n) is 13.6. The Morgan fingerprint density at radius 3 is 0.950 bits per heavy atom. The summed E-state index contributed by atoms with van der Waals surface area (Å²) in [5, 5.41) is 0. The molecule has 0 aromatic carbocycles. The molecule has 0 aromatic rings. The Hall–Kier alpha value is -0.520. The minimum Gasteiger partial charge on any atom is -0.0882 e. The first kappa shape index (κ1) is 17.5. The summed E-state index contributed by atoms with van der Waals surface area (Å²) < 4.78 is 0. The molecule has 0 bridgehead atoms. The van der Waals surface area contributed by atoms with Crippen LogP contribution in [0, 0.1) is 0 Å². The summed E-state index contributed by atoms with van der Waals surface area (Å²) in [7, 11) is 0. The van der Waals surface area contributed by atoms with Crippen molar-refractivity contribution < 1.29 is 0 Å². The Morgan fingerprint density at radius 1 is 0.300 bits per heavy atom. The van der Waals surface area contributed by atoms with Crippen molar-refractivity contribution in [3.05, 3.63) is 24.3 Å². The van der Waals surface area contributed by atoms with Gasteiger partial charge in [0.2, 0.25) is 0 Å². The summed E-state index contributed by atoms with van der Waals surface area (Å²) in [4.78, 5) is 0. The lowest BCUT2D eigenvalue weighted by molar-refractivity contribution is 0.537. The highest BCUT2D eigenvalue weighted by atomic mass is 14.0. The highest BCUT2D eigenvalue weighted by Crippen LogP contribution is 2.13. The normalized spacial score (nSPS) is 22.4. The SMILES string of the molecule is C1=CCCCCCCCCCCCCCCCC=CC1. The Balaban J connectivity index is 2.11. The Bertz CT molecular complexity index is 212. The first-order valence-electron chi connectivity index (χ1n) is 9.30. The van der Waals surface area contributed by atoms with Crippen LogP contribution in [0.2, 0.25) is 0 Å². The van der Waals surface area contributed by atoms with Gasteiger partial charge in [-0.1, -0.05) is 94.9 Å². The molecule has 0 heteroatoms. The molecule has 0 N–H and O–H groups in total. The number of hydrogen-bond acceptors (Lipinski definition) is 0. The van der Waals surface area contributed by atoms with Gasteiger partial charge in [-0.15, -0.1) is 0 Å². The maximum absolute atomic E-state index is 2.38. The highest BCUT2D eigenvalue weighted by molar-refractivity contribution is 4.92. The molecule has 0 nitrogen and oxygen atoms in total. The van der Waals surface area contributed by atoms with Crippen LogP contribution in [0.3, 0.4) is 0 Å². The second-order valence-electron chi connectivity index (χ2n) is 6.35. The van der Waals surface area contributed by atoms with Gasteiger partial charge in [-0.05, 0) is 32.1 Å². The van der Waals surface area contributed by atoms with E-state index in [9.17, 15) is 0 Å². The fourth-order valence-electron chi connectivity index (χ4n) is 2.98. The van der Waals surface area contributed by atoms with Crippen LogP contribution < -0.4 is 0 Å². The molecule has 0 atom stereocenters. The van der Waals surface area contributed by atoms with E-state index in [0.717, 1.165) is 6.42 Å². The van der Waals surface area contributed by atoms with Crippen molar-refractivity contribution in [2.24, 2.45) is 0 Å². The molecule has 0 aliphatic heterocycles. The van der Waals surface area contributed by atoms with Crippen molar-refractivity contribution in [2.75, 3.05) is 0 Å². The molecule has 0 spiro atoms. The van der Waals surface area contributed by atoms with E-state index in [1.807, 2.05) is 0 Å². The summed E-state index contributed by atoms with van der Waals surface area (Å²) >= 11 is 0. The molecular formula is C20H36. The smallest absolute Gasteiger partial charge is 0.0169 e. The van der Waals surface area contributed by atoms with Crippen molar-refractivity contribution >= 4 is 0 Å². The van der Waals surface area contributed by atoms with Crippen LogP contribution >= 0.6 is 0 Å². The van der Waals surface area contributed by atoms with Crippen LogP contribution in [-0.4, -0.2) is 0 Å². The zero-order chi connectivity index (χ0) is 14.1. The summed E-state index contributed by atoms with van der Waals surface area (Å²) in [5.41, 5.74) is 0. The van der Waals surface area contributed by atoms with E-state index in [2.05, 4.69) is 24.3 Å². The standard InChI is InChI=1S/C20H36/c1-2-4-6-8-10-12-14-16-18-20-19-17-15-13-11-9-7-5-3-1/h1-2,5,7H,3-4,6,8-20H2. The van der Waals surface area contributed by atoms with Crippen molar-refractivity contribution in [3.8, 4) is 0 Å². The maximum atomic E-state index is 2.38. The fourth-order valence-corrected chi connectivity index (χ4v) is 2.98. The molecule has 0 fully saturated rings. The lowest BCUT2D eigenvalue weighted by atomic mass is 10.0. The molecule has 0 unspecified atom stereocenters. The van der Waals surface area contributed by atoms with Gasteiger partial charge in [0.1, 0.15) is 0 Å². The molecule has 1 aliphatic rings. The molecule has 0 saturated heterocycles. The van der Waals surface area contributed by atoms with Gasteiger partial charge >= 0.3 is 0 Å². The molecular weight excluding hydrogens is 240 g/mol. The van der Waals surface area contributed by atoms with E-state index in [0.29, 0.717) is 0 Å². The van der Waals surface area contributed by atoms with Gasteiger partial charge in [-0.3, -0.25) is 0 Å². The molecule has 0 radical (unpaired) electrons. The van der Waals surface area contributed by atoms with Crippen LogP contribution in [0.25, 0.3) is 0 Å². The van der Waals surface area contributed by atoms with Gasteiger partial charge in [-0.25, -0.2) is 0 Å². The highest BCUT2D eigenvalue weighted by Gasteiger charge is 1.94. The third kappa shape index (κ3) is 12.5. The van der Waals surface area contributed by atoms with Gasteiger partial charge in [0.05, 0.1) is 0 Å². The molecule has 1 rings (SSSR count). The van der Waals surface area contributed by atoms with Crippen molar-refractivity contribution in [2.45, 2.75) is 103 Å². The van der Waals surface area contributed by atoms with Gasteiger partial charge < -0.3 is 0 Å².